The molecule has 0 atom stereocenters. The highest BCUT2D eigenvalue weighted by molar-refractivity contribution is 5.44. The van der Waals surface area contributed by atoms with E-state index >= 15 is 0 Å². The molecular formula is C37H44N4O2. The Morgan fingerprint density at radius 1 is 0.419 bits per heavy atom. The van der Waals surface area contributed by atoms with Crippen LogP contribution in [0.15, 0.2) is 118 Å². The highest BCUT2D eigenvalue weighted by Gasteiger charge is 1.99. The number of rotatable bonds is 18. The SMILES string of the molecule is CCCCCCc1ccc(N=Nc2ccc(OCCCCCOc3ccc(N=Nc4ccc(CC)cc4)cc3)cc2)cc1. The van der Waals surface area contributed by atoms with Gasteiger partial charge in [0.05, 0.1) is 36.0 Å². The third-order valence-electron chi connectivity index (χ3n) is 7.16. The monoisotopic (exact) mass is 576 g/mol. The van der Waals surface area contributed by atoms with E-state index in [4.69, 9.17) is 9.47 Å². The minimum Gasteiger partial charge on any atom is -0.494 e. The van der Waals surface area contributed by atoms with E-state index in [2.05, 4.69) is 58.6 Å². The van der Waals surface area contributed by atoms with Gasteiger partial charge in [0.2, 0.25) is 0 Å². The number of ether oxygens (including phenoxy) is 2. The Morgan fingerprint density at radius 3 is 1.23 bits per heavy atom. The van der Waals surface area contributed by atoms with Crippen LogP contribution in [0.25, 0.3) is 0 Å². The van der Waals surface area contributed by atoms with Gasteiger partial charge in [-0.2, -0.15) is 20.5 Å². The number of nitrogens with zero attached hydrogens (tertiary/aromatic N) is 4. The van der Waals surface area contributed by atoms with Gasteiger partial charge in [-0.05, 0) is 122 Å². The van der Waals surface area contributed by atoms with Crippen LogP contribution in [0.5, 0.6) is 11.5 Å². The number of azo groups is 2. The summed E-state index contributed by atoms with van der Waals surface area (Å²) >= 11 is 0. The molecular weight excluding hydrogens is 532 g/mol. The van der Waals surface area contributed by atoms with E-state index in [9.17, 15) is 0 Å². The van der Waals surface area contributed by atoms with E-state index in [1.54, 1.807) is 0 Å². The maximum Gasteiger partial charge on any atom is 0.119 e. The average molecular weight is 577 g/mol. The highest BCUT2D eigenvalue weighted by atomic mass is 16.5. The van der Waals surface area contributed by atoms with Crippen LogP contribution < -0.4 is 9.47 Å². The molecule has 0 amide bonds. The zero-order valence-electron chi connectivity index (χ0n) is 25.6. The predicted octanol–water partition coefficient (Wildman–Crippen LogP) is 11.8. The Hall–Kier alpha value is -4.32. The molecule has 4 rings (SSSR count). The molecule has 4 aromatic carbocycles. The predicted molar refractivity (Wildman–Crippen MR) is 176 cm³/mol. The van der Waals surface area contributed by atoms with Crippen LogP contribution in [0.2, 0.25) is 0 Å². The van der Waals surface area contributed by atoms with Gasteiger partial charge < -0.3 is 9.47 Å². The first-order valence-electron chi connectivity index (χ1n) is 15.7. The molecule has 0 saturated heterocycles. The van der Waals surface area contributed by atoms with Crippen molar-refractivity contribution in [3.05, 3.63) is 108 Å². The van der Waals surface area contributed by atoms with Crippen molar-refractivity contribution in [1.29, 1.82) is 0 Å². The lowest BCUT2D eigenvalue weighted by Gasteiger charge is -2.08. The largest absolute Gasteiger partial charge is 0.494 e. The summed E-state index contributed by atoms with van der Waals surface area (Å²) in [6.07, 6.45) is 10.3. The maximum absolute atomic E-state index is 5.90. The fraction of sp³-hybridized carbons (Fsp3) is 0.351. The van der Waals surface area contributed by atoms with E-state index in [1.807, 2.05) is 72.8 Å². The minimum absolute atomic E-state index is 0.673. The van der Waals surface area contributed by atoms with Gasteiger partial charge in [-0.3, -0.25) is 0 Å². The molecule has 0 bridgehead atoms. The fourth-order valence-electron chi connectivity index (χ4n) is 4.49. The molecule has 0 aliphatic carbocycles. The Balaban J connectivity index is 1.07. The Kier molecular flexibility index (Phi) is 13.4. The second-order valence-electron chi connectivity index (χ2n) is 10.6. The third kappa shape index (κ3) is 11.8. The lowest BCUT2D eigenvalue weighted by atomic mass is 10.1. The van der Waals surface area contributed by atoms with Crippen LogP contribution in [0.4, 0.5) is 22.7 Å². The van der Waals surface area contributed by atoms with Gasteiger partial charge in [-0.1, -0.05) is 57.4 Å². The van der Waals surface area contributed by atoms with Crippen molar-refractivity contribution in [1.82, 2.24) is 0 Å². The number of benzene rings is 4. The third-order valence-corrected chi connectivity index (χ3v) is 7.16. The van der Waals surface area contributed by atoms with Gasteiger partial charge in [0.15, 0.2) is 0 Å². The van der Waals surface area contributed by atoms with E-state index in [0.29, 0.717) is 13.2 Å². The van der Waals surface area contributed by atoms with Gasteiger partial charge in [0.1, 0.15) is 11.5 Å². The van der Waals surface area contributed by atoms with Gasteiger partial charge in [-0.25, -0.2) is 0 Å². The quantitative estimate of drug-likeness (QED) is 0.0873. The molecule has 6 heteroatoms. The average Bonchev–Trinajstić information content (AvgIpc) is 3.06. The first kappa shape index (κ1) is 31.6. The highest BCUT2D eigenvalue weighted by Crippen LogP contribution is 2.24. The molecule has 4 aromatic rings. The zero-order chi connectivity index (χ0) is 30.0. The Labute approximate surface area is 256 Å². The number of hydrogen-bond donors (Lipinski definition) is 0. The van der Waals surface area contributed by atoms with Crippen LogP contribution >= 0.6 is 0 Å². The molecule has 0 spiro atoms. The Bertz CT molecular complexity index is 1380. The molecule has 224 valence electrons. The zero-order valence-corrected chi connectivity index (χ0v) is 25.6. The summed E-state index contributed by atoms with van der Waals surface area (Å²) in [4.78, 5) is 0. The van der Waals surface area contributed by atoms with Crippen molar-refractivity contribution in [3.8, 4) is 11.5 Å². The van der Waals surface area contributed by atoms with Crippen molar-refractivity contribution in [2.45, 2.75) is 71.6 Å². The van der Waals surface area contributed by atoms with Crippen LogP contribution in [0.1, 0.15) is 69.9 Å². The molecule has 0 unspecified atom stereocenters. The standard InChI is InChI=1S/C37H44N4O2/c1-3-5-6-8-11-31-14-18-33(19-15-31)39-41-35-22-26-37(27-23-35)43-29-10-7-9-28-42-36-24-20-34(21-25-36)40-38-32-16-12-30(4-2)13-17-32/h12-27H,3-11,28-29H2,1-2H3. The van der Waals surface area contributed by atoms with Crippen molar-refractivity contribution in [2.24, 2.45) is 20.5 Å². The first-order chi connectivity index (χ1) is 21.2. The topological polar surface area (TPSA) is 67.9 Å². The van der Waals surface area contributed by atoms with Gasteiger partial charge in [0.25, 0.3) is 0 Å². The smallest absolute Gasteiger partial charge is 0.119 e. The van der Waals surface area contributed by atoms with Crippen LogP contribution in [0.3, 0.4) is 0 Å². The van der Waals surface area contributed by atoms with E-state index in [-0.39, 0.29) is 0 Å². The van der Waals surface area contributed by atoms with Crippen LogP contribution in [-0.4, -0.2) is 13.2 Å². The summed E-state index contributed by atoms with van der Waals surface area (Å²) in [5, 5.41) is 17.4. The summed E-state index contributed by atoms with van der Waals surface area (Å²) in [7, 11) is 0. The molecule has 0 heterocycles. The molecule has 0 fully saturated rings. The van der Waals surface area contributed by atoms with Crippen LogP contribution in [-0.2, 0) is 12.8 Å². The summed E-state index contributed by atoms with van der Waals surface area (Å²) in [6, 6.07) is 32.0. The molecule has 0 saturated carbocycles. The van der Waals surface area contributed by atoms with Crippen molar-refractivity contribution >= 4 is 22.7 Å². The summed E-state index contributed by atoms with van der Waals surface area (Å²) in [6.45, 7) is 5.73. The lowest BCUT2D eigenvalue weighted by Crippen LogP contribution is -2.00. The molecule has 43 heavy (non-hydrogen) atoms. The van der Waals surface area contributed by atoms with Crippen molar-refractivity contribution < 1.29 is 9.47 Å². The molecule has 0 aromatic heterocycles. The molecule has 0 aliphatic heterocycles. The molecule has 0 aliphatic rings. The summed E-state index contributed by atoms with van der Waals surface area (Å²) < 4.78 is 11.8. The number of unbranched alkanes of at least 4 members (excludes halogenated alkanes) is 5. The summed E-state index contributed by atoms with van der Waals surface area (Å²) in [5.41, 5.74) is 5.99. The number of aryl methyl sites for hydroxylation is 2. The normalized spacial score (nSPS) is 11.4. The van der Waals surface area contributed by atoms with E-state index < -0.39 is 0 Å². The van der Waals surface area contributed by atoms with Gasteiger partial charge >= 0.3 is 0 Å². The fourth-order valence-corrected chi connectivity index (χ4v) is 4.49. The van der Waals surface area contributed by atoms with Crippen molar-refractivity contribution in [3.63, 3.8) is 0 Å². The maximum atomic E-state index is 5.90. The van der Waals surface area contributed by atoms with Gasteiger partial charge in [-0.15, -0.1) is 0 Å². The number of hydrogen-bond acceptors (Lipinski definition) is 6. The van der Waals surface area contributed by atoms with Crippen molar-refractivity contribution in [2.75, 3.05) is 13.2 Å². The molecule has 0 radical (unpaired) electrons. The van der Waals surface area contributed by atoms with E-state index in [0.717, 1.165) is 66.4 Å². The molecule has 0 N–H and O–H groups in total. The first-order valence-corrected chi connectivity index (χ1v) is 15.7. The van der Waals surface area contributed by atoms with Gasteiger partial charge in [0, 0.05) is 0 Å². The lowest BCUT2D eigenvalue weighted by molar-refractivity contribution is 0.279. The second-order valence-corrected chi connectivity index (χ2v) is 10.6. The van der Waals surface area contributed by atoms with Crippen LogP contribution in [0, 0.1) is 0 Å². The molecule has 6 nitrogen and oxygen atoms in total. The Morgan fingerprint density at radius 2 is 0.814 bits per heavy atom. The van der Waals surface area contributed by atoms with E-state index in [1.165, 1.54) is 36.8 Å². The minimum atomic E-state index is 0.673. The summed E-state index contributed by atoms with van der Waals surface area (Å²) in [5.74, 6) is 1.69. The second kappa shape index (κ2) is 18.3.